The molecule has 0 spiro atoms. The van der Waals surface area contributed by atoms with Crippen molar-refractivity contribution in [2.45, 2.75) is 39.8 Å². The van der Waals surface area contributed by atoms with Crippen LogP contribution in [-0.4, -0.2) is 62.6 Å². The summed E-state index contributed by atoms with van der Waals surface area (Å²) < 4.78 is 32.3. The number of non-ortho nitro benzene ring substituents is 1. The minimum Gasteiger partial charge on any atom is -0.497 e. The monoisotopic (exact) mass is 610 g/mol. The van der Waals surface area contributed by atoms with E-state index < -0.39 is 33.4 Å². The number of nitrogens with one attached hydrogen (secondary N) is 1. The van der Waals surface area contributed by atoms with Gasteiger partial charge in [-0.3, -0.25) is 24.0 Å². The Morgan fingerprint density at radius 2 is 1.67 bits per heavy atom. The Labute approximate surface area is 252 Å². The molecule has 0 bridgehead atoms. The maximum absolute atomic E-state index is 14.2. The minimum atomic E-state index is -4.08. The third-order valence-corrected chi connectivity index (χ3v) is 7.92. The number of methoxy groups -OCH3 is 1. The summed E-state index contributed by atoms with van der Waals surface area (Å²) in [6.45, 7) is 5.21. The second-order valence-electron chi connectivity index (χ2n) is 10.7. The SMILES string of the molecule is COc1cccc(CN(C(=O)CN(c2cc([N+](=O)[O-])ccc2C)S(C)(=O)=O)[C@H](Cc2ccccc2)C(=O)NCC(C)C)c1. The Kier molecular flexibility index (Phi) is 11.2. The van der Waals surface area contributed by atoms with Crippen molar-refractivity contribution in [3.05, 3.63) is 99.6 Å². The first kappa shape index (κ1) is 33.1. The van der Waals surface area contributed by atoms with Gasteiger partial charge >= 0.3 is 0 Å². The van der Waals surface area contributed by atoms with E-state index in [1.54, 1.807) is 31.2 Å². The van der Waals surface area contributed by atoms with Gasteiger partial charge in [0.25, 0.3) is 5.69 Å². The number of nitro benzene ring substituents is 1. The Balaban J connectivity index is 2.11. The topological polar surface area (TPSA) is 139 Å². The van der Waals surface area contributed by atoms with Crippen molar-refractivity contribution >= 4 is 33.2 Å². The fraction of sp³-hybridized carbons (Fsp3) is 0.355. The van der Waals surface area contributed by atoms with Gasteiger partial charge < -0.3 is 15.0 Å². The number of anilines is 1. The van der Waals surface area contributed by atoms with Crippen LogP contribution in [0.5, 0.6) is 5.75 Å². The summed E-state index contributed by atoms with van der Waals surface area (Å²) in [6, 6.07) is 19.1. The number of carbonyl (C=O) groups excluding carboxylic acids is 2. The molecule has 1 N–H and O–H groups in total. The van der Waals surface area contributed by atoms with Crippen molar-refractivity contribution in [2.24, 2.45) is 5.92 Å². The van der Waals surface area contributed by atoms with Crippen LogP contribution >= 0.6 is 0 Å². The molecule has 0 saturated carbocycles. The number of sulfonamides is 1. The predicted molar refractivity (Wildman–Crippen MR) is 165 cm³/mol. The average Bonchev–Trinajstić information content (AvgIpc) is 2.96. The maximum Gasteiger partial charge on any atom is 0.271 e. The minimum absolute atomic E-state index is 0.00949. The number of ether oxygens (including phenoxy) is 1. The first-order chi connectivity index (χ1) is 20.3. The molecule has 0 fully saturated rings. The van der Waals surface area contributed by atoms with Gasteiger partial charge in [0.1, 0.15) is 18.3 Å². The van der Waals surface area contributed by atoms with Gasteiger partial charge in [-0.15, -0.1) is 0 Å². The van der Waals surface area contributed by atoms with Gasteiger partial charge in [-0.25, -0.2) is 8.42 Å². The molecule has 0 radical (unpaired) electrons. The van der Waals surface area contributed by atoms with Crippen LogP contribution in [0.2, 0.25) is 0 Å². The van der Waals surface area contributed by atoms with E-state index in [0.29, 0.717) is 23.4 Å². The number of nitrogens with zero attached hydrogens (tertiary/aromatic N) is 3. The number of amides is 2. The van der Waals surface area contributed by atoms with Gasteiger partial charge in [-0.2, -0.15) is 0 Å². The third-order valence-electron chi connectivity index (χ3n) is 6.79. The number of benzene rings is 3. The molecule has 0 heterocycles. The van der Waals surface area contributed by atoms with Crippen LogP contribution in [0, 0.1) is 23.0 Å². The zero-order valence-electron chi connectivity index (χ0n) is 25.0. The van der Waals surface area contributed by atoms with E-state index in [1.807, 2.05) is 44.2 Å². The quantitative estimate of drug-likeness (QED) is 0.214. The zero-order chi connectivity index (χ0) is 31.7. The molecule has 2 amide bonds. The lowest BCUT2D eigenvalue weighted by Gasteiger charge is -2.34. The fourth-order valence-electron chi connectivity index (χ4n) is 4.52. The summed E-state index contributed by atoms with van der Waals surface area (Å²) in [5.74, 6) is -0.328. The second-order valence-corrected chi connectivity index (χ2v) is 12.6. The molecule has 0 saturated heterocycles. The lowest BCUT2D eigenvalue weighted by Crippen LogP contribution is -2.53. The Bertz CT molecular complexity index is 1540. The molecule has 3 aromatic carbocycles. The van der Waals surface area contributed by atoms with E-state index in [4.69, 9.17) is 4.74 Å². The molecule has 0 unspecified atom stereocenters. The predicted octanol–water partition coefficient (Wildman–Crippen LogP) is 4.09. The van der Waals surface area contributed by atoms with Crippen LogP contribution in [0.1, 0.15) is 30.5 Å². The zero-order valence-corrected chi connectivity index (χ0v) is 25.8. The molecule has 0 aromatic heterocycles. The number of hydrogen-bond acceptors (Lipinski definition) is 7. The van der Waals surface area contributed by atoms with Crippen molar-refractivity contribution in [2.75, 3.05) is 30.8 Å². The van der Waals surface area contributed by atoms with Crippen LogP contribution < -0.4 is 14.4 Å². The van der Waals surface area contributed by atoms with Gasteiger partial charge in [-0.1, -0.05) is 62.4 Å². The molecule has 12 heteroatoms. The van der Waals surface area contributed by atoms with Gasteiger partial charge in [0.05, 0.1) is 24.0 Å². The lowest BCUT2D eigenvalue weighted by atomic mass is 10.0. The number of nitro groups is 1. The summed E-state index contributed by atoms with van der Waals surface area (Å²) in [4.78, 5) is 40.1. The van der Waals surface area contributed by atoms with E-state index in [1.165, 1.54) is 24.1 Å². The number of rotatable bonds is 14. The highest BCUT2D eigenvalue weighted by Crippen LogP contribution is 2.28. The first-order valence-corrected chi connectivity index (χ1v) is 15.6. The highest BCUT2D eigenvalue weighted by Gasteiger charge is 2.33. The molecule has 3 rings (SSSR count). The molecule has 1 atom stereocenters. The van der Waals surface area contributed by atoms with Crippen molar-refractivity contribution < 1.29 is 27.7 Å². The van der Waals surface area contributed by atoms with Gasteiger partial charge in [-0.05, 0) is 41.7 Å². The first-order valence-electron chi connectivity index (χ1n) is 13.8. The Hall–Kier alpha value is -4.45. The fourth-order valence-corrected chi connectivity index (χ4v) is 5.42. The summed E-state index contributed by atoms with van der Waals surface area (Å²) in [6.07, 6.45) is 1.11. The second kappa shape index (κ2) is 14.6. The van der Waals surface area contributed by atoms with E-state index in [-0.39, 0.29) is 36.2 Å². The largest absolute Gasteiger partial charge is 0.497 e. The van der Waals surface area contributed by atoms with E-state index >= 15 is 0 Å². The van der Waals surface area contributed by atoms with Crippen molar-refractivity contribution in [3.8, 4) is 5.75 Å². The normalized spacial score (nSPS) is 12.0. The van der Waals surface area contributed by atoms with E-state index in [0.717, 1.165) is 22.2 Å². The number of aryl methyl sites for hydroxylation is 1. The molecule has 230 valence electrons. The number of carbonyl (C=O) groups is 2. The third kappa shape index (κ3) is 9.27. The molecule has 43 heavy (non-hydrogen) atoms. The Morgan fingerprint density at radius 3 is 2.28 bits per heavy atom. The van der Waals surface area contributed by atoms with Crippen molar-refractivity contribution in [3.63, 3.8) is 0 Å². The highest BCUT2D eigenvalue weighted by atomic mass is 32.2. The van der Waals surface area contributed by atoms with Crippen molar-refractivity contribution in [1.82, 2.24) is 10.2 Å². The Morgan fingerprint density at radius 1 is 1.00 bits per heavy atom. The standard InChI is InChI=1S/C31H38N4O7S/c1-22(2)19-32-31(37)29(17-24-10-7-6-8-11-24)33(20-25-12-9-13-27(16-25)42-4)30(36)21-34(43(5,40)41)28-18-26(35(38)39)15-14-23(28)3/h6-16,18,22,29H,17,19-21H2,1-5H3,(H,32,37)/t29-/m1/s1. The van der Waals surface area contributed by atoms with Crippen LogP contribution in [0.4, 0.5) is 11.4 Å². The van der Waals surface area contributed by atoms with Crippen molar-refractivity contribution in [1.29, 1.82) is 0 Å². The average molecular weight is 611 g/mol. The van der Waals surface area contributed by atoms with Gasteiger partial charge in [0.15, 0.2) is 0 Å². The van der Waals surface area contributed by atoms with Crippen LogP contribution in [0.15, 0.2) is 72.8 Å². The van der Waals surface area contributed by atoms with Gasteiger partial charge in [0.2, 0.25) is 21.8 Å². The molecule has 0 aliphatic rings. The summed E-state index contributed by atoms with van der Waals surface area (Å²) in [5.41, 5.74) is 1.60. The van der Waals surface area contributed by atoms with E-state index in [9.17, 15) is 28.1 Å². The molecule has 3 aromatic rings. The molecule has 11 nitrogen and oxygen atoms in total. The number of hydrogen-bond donors (Lipinski definition) is 1. The molecule has 0 aliphatic heterocycles. The summed E-state index contributed by atoms with van der Waals surface area (Å²) in [7, 11) is -2.56. The van der Waals surface area contributed by atoms with E-state index in [2.05, 4.69) is 5.32 Å². The van der Waals surface area contributed by atoms with Crippen LogP contribution in [-0.2, 0) is 32.6 Å². The molecular formula is C31H38N4O7S. The highest BCUT2D eigenvalue weighted by molar-refractivity contribution is 7.92. The van der Waals surface area contributed by atoms with Crippen LogP contribution in [0.3, 0.4) is 0 Å². The van der Waals surface area contributed by atoms with Gasteiger partial charge in [0, 0.05) is 31.6 Å². The maximum atomic E-state index is 14.2. The molecular weight excluding hydrogens is 572 g/mol. The smallest absolute Gasteiger partial charge is 0.271 e. The lowest BCUT2D eigenvalue weighted by molar-refractivity contribution is -0.384. The van der Waals surface area contributed by atoms with Crippen LogP contribution in [0.25, 0.3) is 0 Å². The molecule has 0 aliphatic carbocycles. The summed E-state index contributed by atoms with van der Waals surface area (Å²) in [5, 5.41) is 14.4. The summed E-state index contributed by atoms with van der Waals surface area (Å²) >= 11 is 0.